The molecule has 0 fully saturated rings. The molecule has 1 aliphatic heterocycles. The highest BCUT2D eigenvalue weighted by molar-refractivity contribution is 6.36. The Labute approximate surface area is 187 Å². The highest BCUT2D eigenvalue weighted by Gasteiger charge is 2.35. The van der Waals surface area contributed by atoms with Crippen molar-refractivity contribution in [3.8, 4) is 16.9 Å². The third-order valence-electron chi connectivity index (χ3n) is 5.90. The minimum Gasteiger partial charge on any atom is -0.508 e. The number of phenolic OH excluding ortho intramolecular Hbond substituents is 1. The average Bonchev–Trinajstić information content (AvgIpc) is 3.22. The molecule has 0 unspecified atom stereocenters. The van der Waals surface area contributed by atoms with Crippen LogP contribution in [0.2, 0.25) is 5.02 Å². The summed E-state index contributed by atoms with van der Waals surface area (Å²) in [5.74, 6) is -1.04. The lowest BCUT2D eigenvalue weighted by Gasteiger charge is -2.12. The number of phenols is 1. The molecule has 0 atom stereocenters. The third kappa shape index (κ3) is 2.90. The van der Waals surface area contributed by atoms with Gasteiger partial charge in [0.1, 0.15) is 5.75 Å². The van der Waals surface area contributed by atoms with Crippen molar-refractivity contribution in [1.82, 2.24) is 9.88 Å². The number of hydrogen-bond acceptors (Lipinski definition) is 5. The number of rotatable bonds is 5. The topological polar surface area (TPSA) is 112 Å². The maximum Gasteiger partial charge on any atom is 0.259 e. The van der Waals surface area contributed by atoms with Gasteiger partial charge in [-0.05, 0) is 41.8 Å². The lowest BCUT2D eigenvalue weighted by Crippen LogP contribution is -2.20. The molecule has 0 bridgehead atoms. The van der Waals surface area contributed by atoms with Crippen LogP contribution in [-0.4, -0.2) is 44.9 Å². The van der Waals surface area contributed by atoms with Crippen LogP contribution in [0.1, 0.15) is 26.3 Å². The molecule has 0 radical (unpaired) electrons. The van der Waals surface area contributed by atoms with E-state index in [1.807, 2.05) is 4.57 Å². The SMILES string of the molecule is O=C1NC(=O)c2c1c(-c1ccccc1Cl)cc1c2c2cc(O)c(CCO)cc2n1CCO. The first-order valence-electron chi connectivity index (χ1n) is 10.1. The van der Waals surface area contributed by atoms with Crippen molar-refractivity contribution >= 4 is 45.2 Å². The molecule has 0 saturated carbocycles. The Kier molecular flexibility index (Phi) is 4.89. The average molecular weight is 451 g/mol. The van der Waals surface area contributed by atoms with Gasteiger partial charge in [0, 0.05) is 40.0 Å². The van der Waals surface area contributed by atoms with Crippen LogP contribution in [0.25, 0.3) is 32.9 Å². The van der Waals surface area contributed by atoms with Crippen molar-refractivity contribution < 1.29 is 24.9 Å². The predicted octanol–water partition coefficient (Wildman–Crippen LogP) is 3.23. The molecule has 4 N–H and O–H groups in total. The van der Waals surface area contributed by atoms with E-state index in [-0.39, 0.29) is 43.1 Å². The van der Waals surface area contributed by atoms with Crippen molar-refractivity contribution in [2.24, 2.45) is 0 Å². The summed E-state index contributed by atoms with van der Waals surface area (Å²) in [5.41, 5.74) is 3.45. The van der Waals surface area contributed by atoms with Crippen LogP contribution in [0.5, 0.6) is 5.75 Å². The molecule has 7 nitrogen and oxygen atoms in total. The highest BCUT2D eigenvalue weighted by atomic mass is 35.5. The summed E-state index contributed by atoms with van der Waals surface area (Å²) in [6.07, 6.45) is 0.254. The van der Waals surface area contributed by atoms with Crippen molar-refractivity contribution in [3.63, 3.8) is 0 Å². The molecular formula is C24H19ClN2O5. The number of amides is 2. The molecule has 0 spiro atoms. The van der Waals surface area contributed by atoms with Crippen LogP contribution in [0.15, 0.2) is 42.5 Å². The molecule has 2 heterocycles. The van der Waals surface area contributed by atoms with E-state index >= 15 is 0 Å². The van der Waals surface area contributed by atoms with E-state index < -0.39 is 11.8 Å². The number of aliphatic hydroxyl groups is 2. The molecule has 1 aliphatic rings. The number of nitrogens with zero attached hydrogens (tertiary/aromatic N) is 1. The number of aliphatic hydroxyl groups excluding tert-OH is 2. The van der Waals surface area contributed by atoms with Crippen molar-refractivity contribution in [2.45, 2.75) is 13.0 Å². The Morgan fingerprint density at radius 3 is 2.38 bits per heavy atom. The zero-order valence-electron chi connectivity index (χ0n) is 16.9. The molecule has 0 saturated heterocycles. The first-order chi connectivity index (χ1) is 15.5. The predicted molar refractivity (Wildman–Crippen MR) is 121 cm³/mol. The number of aromatic hydroxyl groups is 1. The number of imide groups is 1. The smallest absolute Gasteiger partial charge is 0.259 e. The van der Waals surface area contributed by atoms with Crippen molar-refractivity contribution in [3.05, 3.63) is 64.2 Å². The molecule has 8 heteroatoms. The number of hydrogen-bond donors (Lipinski definition) is 4. The van der Waals surface area contributed by atoms with Gasteiger partial charge in [-0.25, -0.2) is 0 Å². The minimum absolute atomic E-state index is 0.0109. The van der Waals surface area contributed by atoms with E-state index in [1.54, 1.807) is 42.5 Å². The normalized spacial score (nSPS) is 13.2. The number of carbonyl (C=O) groups is 2. The Morgan fingerprint density at radius 2 is 1.66 bits per heavy atom. The third-order valence-corrected chi connectivity index (χ3v) is 6.23. The maximum absolute atomic E-state index is 12.9. The number of aromatic nitrogens is 1. The van der Waals surface area contributed by atoms with E-state index in [1.165, 1.54) is 0 Å². The molecule has 3 aromatic carbocycles. The Bertz CT molecular complexity index is 1440. The summed E-state index contributed by atoms with van der Waals surface area (Å²) >= 11 is 6.43. The lowest BCUT2D eigenvalue weighted by atomic mass is 9.92. The van der Waals surface area contributed by atoms with Gasteiger partial charge in [0.05, 0.1) is 23.3 Å². The van der Waals surface area contributed by atoms with Crippen molar-refractivity contribution in [1.29, 1.82) is 0 Å². The second kappa shape index (κ2) is 7.63. The van der Waals surface area contributed by atoms with Crippen LogP contribution >= 0.6 is 11.6 Å². The second-order valence-electron chi connectivity index (χ2n) is 7.68. The van der Waals surface area contributed by atoms with Crippen LogP contribution in [0, 0.1) is 0 Å². The van der Waals surface area contributed by atoms with Gasteiger partial charge in [-0.3, -0.25) is 14.9 Å². The second-order valence-corrected chi connectivity index (χ2v) is 8.09. The zero-order valence-corrected chi connectivity index (χ0v) is 17.6. The Morgan fingerprint density at radius 1 is 0.906 bits per heavy atom. The van der Waals surface area contributed by atoms with Gasteiger partial charge < -0.3 is 19.9 Å². The zero-order chi connectivity index (χ0) is 22.6. The van der Waals surface area contributed by atoms with Gasteiger partial charge in [0.2, 0.25) is 0 Å². The largest absolute Gasteiger partial charge is 0.508 e. The summed E-state index contributed by atoms with van der Waals surface area (Å²) in [4.78, 5) is 25.7. The van der Waals surface area contributed by atoms with Gasteiger partial charge in [-0.15, -0.1) is 0 Å². The standard InChI is InChI=1S/C24H19ClN2O5/c25-16-4-2-1-3-13(16)14-10-18-20(22-21(14)23(31)26-24(22)32)15-11-19(30)12(5-7-28)9-17(15)27(18)6-8-29/h1-4,9-11,28-30H,5-8H2,(H,26,31,32). The summed E-state index contributed by atoms with van der Waals surface area (Å²) in [6, 6.07) is 12.2. The molecule has 0 aliphatic carbocycles. The van der Waals surface area contributed by atoms with Crippen molar-refractivity contribution in [2.75, 3.05) is 13.2 Å². The van der Waals surface area contributed by atoms with Crippen LogP contribution in [0.3, 0.4) is 0 Å². The van der Waals surface area contributed by atoms with E-state index in [4.69, 9.17) is 11.6 Å². The van der Waals surface area contributed by atoms with E-state index in [0.717, 1.165) is 0 Å². The molecule has 4 aromatic rings. The summed E-state index contributed by atoms with van der Waals surface area (Å²) < 4.78 is 1.85. The number of benzene rings is 3. The fourth-order valence-electron chi connectivity index (χ4n) is 4.57. The molecule has 32 heavy (non-hydrogen) atoms. The summed E-state index contributed by atoms with van der Waals surface area (Å²) in [6.45, 7) is -0.0549. The van der Waals surface area contributed by atoms with E-state index in [9.17, 15) is 24.9 Å². The van der Waals surface area contributed by atoms with Crippen LogP contribution in [-0.2, 0) is 13.0 Å². The summed E-state index contributed by atoms with van der Waals surface area (Å²) in [5, 5.41) is 33.5. The molecule has 2 amide bonds. The van der Waals surface area contributed by atoms with Gasteiger partial charge in [0.15, 0.2) is 0 Å². The first kappa shape index (κ1) is 20.5. The van der Waals surface area contributed by atoms with Crippen LogP contribution in [0.4, 0.5) is 0 Å². The van der Waals surface area contributed by atoms with Gasteiger partial charge >= 0.3 is 0 Å². The van der Waals surface area contributed by atoms with Gasteiger partial charge in [-0.2, -0.15) is 0 Å². The quantitative estimate of drug-likeness (QED) is 0.349. The van der Waals surface area contributed by atoms with E-state index in [2.05, 4.69) is 5.32 Å². The minimum atomic E-state index is -0.522. The van der Waals surface area contributed by atoms with E-state index in [0.29, 0.717) is 43.5 Å². The molecule has 162 valence electrons. The Hall–Kier alpha value is -3.39. The lowest BCUT2D eigenvalue weighted by molar-refractivity contribution is 0.0880. The fourth-order valence-corrected chi connectivity index (χ4v) is 4.81. The monoisotopic (exact) mass is 450 g/mol. The highest BCUT2D eigenvalue weighted by Crippen LogP contribution is 2.43. The maximum atomic E-state index is 12.9. The number of halogens is 1. The number of nitrogens with one attached hydrogen (secondary N) is 1. The Balaban J connectivity index is 1.98. The van der Waals surface area contributed by atoms with Gasteiger partial charge in [0.25, 0.3) is 11.8 Å². The fraction of sp³-hybridized carbons (Fsp3) is 0.167. The number of carbonyl (C=O) groups excluding carboxylic acids is 2. The first-order valence-corrected chi connectivity index (χ1v) is 10.5. The number of fused-ring (bicyclic) bond motifs is 5. The molecular weight excluding hydrogens is 432 g/mol. The molecule has 5 rings (SSSR count). The van der Waals surface area contributed by atoms with Gasteiger partial charge in [-0.1, -0.05) is 29.8 Å². The van der Waals surface area contributed by atoms with Crippen LogP contribution < -0.4 is 5.32 Å². The summed E-state index contributed by atoms with van der Waals surface area (Å²) in [7, 11) is 0. The molecule has 1 aromatic heterocycles.